The molecule has 0 bridgehead atoms. The van der Waals surface area contributed by atoms with Crippen LogP contribution in [0.1, 0.15) is 19.9 Å². The first kappa shape index (κ1) is 16.7. The van der Waals surface area contributed by atoms with E-state index in [-0.39, 0.29) is 21.6 Å². The van der Waals surface area contributed by atoms with Crippen LogP contribution < -0.4 is 4.72 Å². The zero-order valence-corrected chi connectivity index (χ0v) is 14.6. The summed E-state index contributed by atoms with van der Waals surface area (Å²) >= 11 is 5.69. The van der Waals surface area contributed by atoms with Crippen LogP contribution in [0.4, 0.5) is 10.1 Å². The second kappa shape index (κ2) is 6.07. The van der Waals surface area contributed by atoms with E-state index in [9.17, 15) is 12.8 Å². The lowest BCUT2D eigenvalue weighted by atomic mass is 10.3. The van der Waals surface area contributed by atoms with E-state index in [1.165, 1.54) is 18.3 Å². The van der Waals surface area contributed by atoms with Crippen molar-refractivity contribution >= 4 is 38.3 Å². The molecule has 0 radical (unpaired) electrons. The predicted octanol–water partition coefficient (Wildman–Crippen LogP) is 4.21. The Morgan fingerprint density at radius 2 is 2.04 bits per heavy atom. The third-order valence-corrected chi connectivity index (χ3v) is 5.20. The maximum Gasteiger partial charge on any atom is 0.264 e. The van der Waals surface area contributed by atoms with Crippen LogP contribution in [0.2, 0.25) is 5.02 Å². The van der Waals surface area contributed by atoms with E-state index in [4.69, 9.17) is 11.6 Å². The Morgan fingerprint density at radius 3 is 2.71 bits per heavy atom. The van der Waals surface area contributed by atoms with Crippen molar-refractivity contribution in [2.24, 2.45) is 0 Å². The van der Waals surface area contributed by atoms with Crippen molar-refractivity contribution in [3.05, 3.63) is 53.6 Å². The molecule has 0 spiro atoms. The highest BCUT2D eigenvalue weighted by atomic mass is 35.5. The van der Waals surface area contributed by atoms with Crippen molar-refractivity contribution in [2.75, 3.05) is 4.72 Å². The minimum atomic E-state index is -3.98. The van der Waals surface area contributed by atoms with E-state index in [0.29, 0.717) is 11.0 Å². The molecule has 0 amide bonds. The lowest BCUT2D eigenvalue weighted by molar-refractivity contribution is 0.594. The van der Waals surface area contributed by atoms with Crippen LogP contribution in [0, 0.1) is 5.82 Å². The van der Waals surface area contributed by atoms with Gasteiger partial charge in [0.2, 0.25) is 0 Å². The van der Waals surface area contributed by atoms with Gasteiger partial charge in [0.05, 0.1) is 5.69 Å². The molecule has 2 heterocycles. The van der Waals surface area contributed by atoms with Gasteiger partial charge in [0, 0.05) is 28.8 Å². The van der Waals surface area contributed by atoms with Crippen LogP contribution in [0.15, 0.2) is 47.6 Å². The summed E-state index contributed by atoms with van der Waals surface area (Å²) in [5, 5.41) is 0.670. The van der Waals surface area contributed by atoms with Crippen molar-refractivity contribution in [3.63, 3.8) is 0 Å². The summed E-state index contributed by atoms with van der Waals surface area (Å²) in [6, 6.07) is 7.12. The molecule has 0 aliphatic rings. The maximum atomic E-state index is 13.9. The average Bonchev–Trinajstić information content (AvgIpc) is 2.91. The average molecular weight is 368 g/mol. The Kier molecular flexibility index (Phi) is 4.23. The van der Waals surface area contributed by atoms with Gasteiger partial charge in [-0.2, -0.15) is 0 Å². The van der Waals surface area contributed by atoms with Gasteiger partial charge < -0.3 is 4.57 Å². The second-order valence-electron chi connectivity index (χ2n) is 5.60. The van der Waals surface area contributed by atoms with Gasteiger partial charge in [-0.15, -0.1) is 0 Å². The van der Waals surface area contributed by atoms with Crippen LogP contribution in [0.5, 0.6) is 0 Å². The zero-order valence-electron chi connectivity index (χ0n) is 13.0. The van der Waals surface area contributed by atoms with E-state index < -0.39 is 15.8 Å². The number of nitrogens with one attached hydrogen (secondary N) is 1. The number of hydrogen-bond donors (Lipinski definition) is 1. The van der Waals surface area contributed by atoms with E-state index >= 15 is 0 Å². The molecule has 3 rings (SSSR count). The standard InChI is InChI=1S/C16H15ClFN3O2S/c1-10(2)21-9-15(12-4-3-7-19-16(12)21)24(22,23)20-14-6-5-11(17)8-13(14)18/h3-10,20H,1-2H3. The number of pyridine rings is 1. The smallest absolute Gasteiger partial charge is 0.264 e. The molecule has 8 heteroatoms. The highest BCUT2D eigenvalue weighted by Crippen LogP contribution is 2.29. The Balaban J connectivity index is 2.12. The molecule has 126 valence electrons. The molecule has 5 nitrogen and oxygen atoms in total. The summed E-state index contributed by atoms with van der Waals surface area (Å²) in [6.07, 6.45) is 3.11. The summed E-state index contributed by atoms with van der Waals surface area (Å²) in [5.74, 6) is -0.739. The lowest BCUT2D eigenvalue weighted by Gasteiger charge is -2.08. The Labute approximate surface area is 144 Å². The molecule has 0 aliphatic carbocycles. The molecule has 3 aromatic rings. The van der Waals surface area contributed by atoms with Crippen molar-refractivity contribution in [2.45, 2.75) is 24.8 Å². The Morgan fingerprint density at radius 1 is 1.29 bits per heavy atom. The Bertz CT molecular complexity index is 1020. The fraction of sp³-hybridized carbons (Fsp3) is 0.188. The third kappa shape index (κ3) is 2.97. The molecule has 0 atom stereocenters. The van der Waals surface area contributed by atoms with Gasteiger partial charge in [0.15, 0.2) is 0 Å². The highest BCUT2D eigenvalue weighted by molar-refractivity contribution is 7.93. The lowest BCUT2D eigenvalue weighted by Crippen LogP contribution is -2.13. The van der Waals surface area contributed by atoms with Gasteiger partial charge in [-0.1, -0.05) is 11.6 Å². The summed E-state index contributed by atoms with van der Waals surface area (Å²) in [5.41, 5.74) is 0.401. The number of rotatable bonds is 4. The normalized spacial score (nSPS) is 12.0. The molecule has 0 saturated carbocycles. The number of anilines is 1. The van der Waals surface area contributed by atoms with Gasteiger partial charge >= 0.3 is 0 Å². The maximum absolute atomic E-state index is 13.9. The van der Waals surface area contributed by atoms with Gasteiger partial charge in [-0.05, 0) is 44.2 Å². The van der Waals surface area contributed by atoms with Crippen LogP contribution in [0.3, 0.4) is 0 Å². The predicted molar refractivity (Wildman–Crippen MR) is 92.3 cm³/mol. The summed E-state index contributed by atoms with van der Waals surface area (Å²) < 4.78 is 43.4. The molecule has 0 fully saturated rings. The molecule has 1 aromatic carbocycles. The zero-order chi connectivity index (χ0) is 17.5. The number of sulfonamides is 1. The number of halogens is 2. The molecule has 2 aromatic heterocycles. The van der Waals surface area contributed by atoms with Gasteiger partial charge in [-0.3, -0.25) is 4.72 Å². The molecule has 1 N–H and O–H groups in total. The minimum absolute atomic E-state index is 0.0265. The fourth-order valence-corrected chi connectivity index (χ4v) is 3.86. The largest absolute Gasteiger partial charge is 0.329 e. The molecule has 24 heavy (non-hydrogen) atoms. The van der Waals surface area contributed by atoms with E-state index in [2.05, 4.69) is 9.71 Å². The van der Waals surface area contributed by atoms with Crippen LogP contribution in [-0.4, -0.2) is 18.0 Å². The summed E-state index contributed by atoms with van der Waals surface area (Å²) in [4.78, 5) is 4.30. The van der Waals surface area contributed by atoms with Gasteiger partial charge in [0.25, 0.3) is 10.0 Å². The number of hydrogen-bond acceptors (Lipinski definition) is 3. The fourth-order valence-electron chi connectivity index (χ4n) is 2.43. The SMILES string of the molecule is CC(C)n1cc(S(=O)(=O)Nc2ccc(Cl)cc2F)c2cccnc21. The van der Waals surface area contributed by atoms with Gasteiger partial charge in [0.1, 0.15) is 16.4 Å². The van der Waals surface area contributed by atoms with Crippen LogP contribution in [-0.2, 0) is 10.0 Å². The van der Waals surface area contributed by atoms with E-state index in [1.807, 2.05) is 13.8 Å². The number of aromatic nitrogens is 2. The first-order valence-electron chi connectivity index (χ1n) is 7.23. The van der Waals surface area contributed by atoms with E-state index in [0.717, 1.165) is 6.07 Å². The van der Waals surface area contributed by atoms with Crippen molar-refractivity contribution < 1.29 is 12.8 Å². The van der Waals surface area contributed by atoms with Crippen molar-refractivity contribution in [1.82, 2.24) is 9.55 Å². The van der Waals surface area contributed by atoms with Gasteiger partial charge in [-0.25, -0.2) is 17.8 Å². The number of fused-ring (bicyclic) bond motifs is 1. The molecular weight excluding hydrogens is 353 g/mol. The summed E-state index contributed by atoms with van der Waals surface area (Å²) in [7, 11) is -3.98. The molecular formula is C16H15ClFN3O2S. The second-order valence-corrected chi connectivity index (χ2v) is 7.69. The quantitative estimate of drug-likeness (QED) is 0.751. The molecule has 0 saturated heterocycles. The highest BCUT2D eigenvalue weighted by Gasteiger charge is 2.23. The Hall–Kier alpha value is -2.12. The minimum Gasteiger partial charge on any atom is -0.329 e. The molecule has 0 unspecified atom stereocenters. The number of nitrogens with zero attached hydrogens (tertiary/aromatic N) is 2. The van der Waals surface area contributed by atoms with Crippen molar-refractivity contribution in [1.29, 1.82) is 0 Å². The number of benzene rings is 1. The first-order valence-corrected chi connectivity index (χ1v) is 9.09. The van der Waals surface area contributed by atoms with Crippen molar-refractivity contribution in [3.8, 4) is 0 Å². The van der Waals surface area contributed by atoms with Crippen LogP contribution >= 0.6 is 11.6 Å². The van der Waals surface area contributed by atoms with Crippen LogP contribution in [0.25, 0.3) is 11.0 Å². The topological polar surface area (TPSA) is 64.0 Å². The monoisotopic (exact) mass is 367 g/mol. The summed E-state index contributed by atoms with van der Waals surface area (Å²) in [6.45, 7) is 3.85. The first-order chi connectivity index (χ1) is 11.3. The third-order valence-electron chi connectivity index (χ3n) is 3.57. The van der Waals surface area contributed by atoms with E-state index in [1.54, 1.807) is 22.9 Å². The molecule has 0 aliphatic heterocycles.